The summed E-state index contributed by atoms with van der Waals surface area (Å²) < 4.78 is 34.1. The van der Waals surface area contributed by atoms with E-state index < -0.39 is 11.6 Å². The molecule has 0 spiro atoms. The van der Waals surface area contributed by atoms with Crippen LogP contribution in [0.25, 0.3) is 0 Å². The maximum absolute atomic E-state index is 14.2. The van der Waals surface area contributed by atoms with Crippen LogP contribution in [0.5, 0.6) is 0 Å². The van der Waals surface area contributed by atoms with Crippen molar-refractivity contribution in [3.05, 3.63) is 29.3 Å². The van der Waals surface area contributed by atoms with Gasteiger partial charge in [0.05, 0.1) is 6.10 Å². The Morgan fingerprint density at radius 1 is 1.43 bits per heavy atom. The highest BCUT2D eigenvalue weighted by Gasteiger charge is 2.25. The van der Waals surface area contributed by atoms with Crippen LogP contribution in [0.4, 0.5) is 14.5 Å². The van der Waals surface area contributed by atoms with Crippen LogP contribution in [0, 0.1) is 11.6 Å². The van der Waals surface area contributed by atoms with E-state index in [1.165, 1.54) is 12.1 Å². The van der Waals surface area contributed by atoms with Gasteiger partial charge in [0.15, 0.2) is 0 Å². The fraction of sp³-hybridized carbons (Fsp3) is 0.533. The molecule has 0 bridgehead atoms. The first-order valence-corrected chi connectivity index (χ1v) is 7.59. The summed E-state index contributed by atoms with van der Waals surface area (Å²) >= 11 is 4.76. The van der Waals surface area contributed by atoms with Gasteiger partial charge in [-0.3, -0.25) is 0 Å². The summed E-state index contributed by atoms with van der Waals surface area (Å²) in [5.41, 5.74) is 5.62. The van der Waals surface area contributed by atoms with Gasteiger partial charge in [-0.15, -0.1) is 0 Å². The summed E-state index contributed by atoms with van der Waals surface area (Å²) in [6, 6.07) is 2.38. The third kappa shape index (κ3) is 3.89. The molecule has 2 N–H and O–H groups in total. The molecule has 0 amide bonds. The number of rotatable bonds is 5. The highest BCUT2D eigenvalue weighted by molar-refractivity contribution is 7.80. The van der Waals surface area contributed by atoms with Crippen molar-refractivity contribution in [2.45, 2.75) is 32.3 Å². The molecule has 2 rings (SSSR count). The van der Waals surface area contributed by atoms with Crippen LogP contribution >= 0.6 is 12.2 Å². The third-order valence-corrected chi connectivity index (χ3v) is 3.79. The number of hydrogen-bond donors (Lipinski definition) is 1. The zero-order valence-electron chi connectivity index (χ0n) is 12.1. The molecule has 1 aromatic carbocycles. The lowest BCUT2D eigenvalue weighted by molar-refractivity contribution is 0.0438. The molecule has 1 heterocycles. The van der Waals surface area contributed by atoms with Gasteiger partial charge in [-0.1, -0.05) is 19.1 Å². The Balaban J connectivity index is 2.19. The summed E-state index contributed by atoms with van der Waals surface area (Å²) in [7, 11) is 0. The van der Waals surface area contributed by atoms with Gasteiger partial charge in [0, 0.05) is 25.3 Å². The lowest BCUT2D eigenvalue weighted by Gasteiger charge is -2.34. The summed E-state index contributed by atoms with van der Waals surface area (Å²) in [6.07, 6.45) is 2.73. The number of hydrogen-bond acceptors (Lipinski definition) is 3. The Kier molecular flexibility index (Phi) is 5.47. The molecule has 0 radical (unpaired) electrons. The molecule has 3 nitrogen and oxygen atoms in total. The van der Waals surface area contributed by atoms with E-state index in [0.29, 0.717) is 19.7 Å². The number of piperidine rings is 1. The van der Waals surface area contributed by atoms with Crippen LogP contribution in [-0.2, 0) is 4.74 Å². The van der Waals surface area contributed by atoms with E-state index >= 15 is 0 Å². The zero-order valence-corrected chi connectivity index (χ0v) is 12.9. The van der Waals surface area contributed by atoms with Crippen molar-refractivity contribution in [2.24, 2.45) is 5.73 Å². The van der Waals surface area contributed by atoms with Crippen molar-refractivity contribution < 1.29 is 13.5 Å². The number of anilines is 1. The van der Waals surface area contributed by atoms with E-state index in [2.05, 4.69) is 0 Å². The number of halogens is 2. The van der Waals surface area contributed by atoms with Crippen LogP contribution < -0.4 is 10.6 Å². The number of nitrogens with zero attached hydrogens (tertiary/aromatic N) is 1. The van der Waals surface area contributed by atoms with Crippen molar-refractivity contribution >= 4 is 22.9 Å². The zero-order chi connectivity index (χ0) is 15.4. The smallest absolute Gasteiger partial charge is 0.150 e. The Morgan fingerprint density at radius 3 is 2.67 bits per heavy atom. The average Bonchev–Trinajstić information content (AvgIpc) is 2.44. The van der Waals surface area contributed by atoms with Crippen LogP contribution in [-0.4, -0.2) is 30.8 Å². The molecule has 6 heteroatoms. The summed E-state index contributed by atoms with van der Waals surface area (Å²) in [6.45, 7) is 3.82. The van der Waals surface area contributed by atoms with Crippen molar-refractivity contribution in [3.63, 3.8) is 0 Å². The Hall–Kier alpha value is -1.27. The lowest BCUT2D eigenvalue weighted by atomic mass is 10.1. The molecule has 21 heavy (non-hydrogen) atoms. The number of benzene rings is 1. The van der Waals surface area contributed by atoms with Gasteiger partial charge < -0.3 is 15.4 Å². The fourth-order valence-corrected chi connectivity index (χ4v) is 2.69. The van der Waals surface area contributed by atoms with E-state index in [1.807, 2.05) is 6.92 Å². The van der Waals surface area contributed by atoms with Gasteiger partial charge in [-0.05, 0) is 31.4 Å². The summed E-state index contributed by atoms with van der Waals surface area (Å²) in [5, 5.41) is 0. The molecule has 0 saturated carbocycles. The lowest BCUT2D eigenvalue weighted by Crippen LogP contribution is -2.40. The number of nitrogens with two attached hydrogens (primary N) is 1. The highest BCUT2D eigenvalue weighted by atomic mass is 32.1. The standard InChI is InChI=1S/C15H20F2N2OS/c1-2-6-20-11-4-3-5-19(9-11)14-12(16)7-10(15(18)21)8-13(14)17/h7-8,11H,2-6,9H2,1H3,(H2,18,21). The third-order valence-electron chi connectivity index (χ3n) is 3.55. The first kappa shape index (κ1) is 16.1. The van der Waals surface area contributed by atoms with Gasteiger partial charge in [0.2, 0.25) is 0 Å². The molecule has 1 aliphatic rings. The first-order valence-electron chi connectivity index (χ1n) is 7.18. The fourth-order valence-electron chi connectivity index (χ4n) is 2.57. The average molecular weight is 314 g/mol. The number of ether oxygens (including phenoxy) is 1. The molecular formula is C15H20F2N2OS. The predicted molar refractivity (Wildman–Crippen MR) is 83.7 cm³/mol. The second-order valence-electron chi connectivity index (χ2n) is 5.23. The van der Waals surface area contributed by atoms with Gasteiger partial charge in [0.25, 0.3) is 0 Å². The molecule has 1 aliphatic heterocycles. The highest BCUT2D eigenvalue weighted by Crippen LogP contribution is 2.28. The minimum Gasteiger partial charge on any atom is -0.389 e. The van der Waals surface area contributed by atoms with Gasteiger partial charge in [0.1, 0.15) is 22.3 Å². The van der Waals surface area contributed by atoms with Gasteiger partial charge in [-0.2, -0.15) is 0 Å². The van der Waals surface area contributed by atoms with Crippen LogP contribution in [0.1, 0.15) is 31.7 Å². The molecule has 0 aromatic heterocycles. The summed E-state index contributed by atoms with van der Waals surface area (Å²) in [4.78, 5) is 1.69. The monoisotopic (exact) mass is 314 g/mol. The van der Waals surface area contributed by atoms with Crippen LogP contribution in [0.15, 0.2) is 12.1 Å². The minimum absolute atomic E-state index is 0.0119. The van der Waals surface area contributed by atoms with E-state index in [9.17, 15) is 8.78 Å². The van der Waals surface area contributed by atoms with Gasteiger partial charge >= 0.3 is 0 Å². The molecular weight excluding hydrogens is 294 g/mol. The van der Waals surface area contributed by atoms with Crippen molar-refractivity contribution in [3.8, 4) is 0 Å². The summed E-state index contributed by atoms with van der Waals surface area (Å²) in [5.74, 6) is -1.26. The first-order chi connectivity index (χ1) is 10.0. The molecule has 0 aliphatic carbocycles. The van der Waals surface area contributed by atoms with E-state index in [-0.39, 0.29) is 22.3 Å². The number of thiocarbonyl (C=S) groups is 1. The molecule has 116 valence electrons. The predicted octanol–water partition coefficient (Wildman–Crippen LogP) is 2.99. The second kappa shape index (κ2) is 7.13. The molecule has 1 atom stereocenters. The maximum Gasteiger partial charge on any atom is 0.150 e. The maximum atomic E-state index is 14.2. The quantitative estimate of drug-likeness (QED) is 0.848. The van der Waals surface area contributed by atoms with E-state index in [4.69, 9.17) is 22.7 Å². The van der Waals surface area contributed by atoms with E-state index in [0.717, 1.165) is 19.3 Å². The molecule has 1 aromatic rings. The molecule has 1 saturated heterocycles. The molecule has 1 fully saturated rings. The van der Waals surface area contributed by atoms with Gasteiger partial charge in [-0.25, -0.2) is 8.78 Å². The van der Waals surface area contributed by atoms with Crippen LogP contribution in [0.2, 0.25) is 0 Å². The van der Waals surface area contributed by atoms with Crippen molar-refractivity contribution in [1.29, 1.82) is 0 Å². The largest absolute Gasteiger partial charge is 0.389 e. The minimum atomic E-state index is -0.631. The Morgan fingerprint density at radius 2 is 2.10 bits per heavy atom. The normalized spacial score (nSPS) is 18.8. The molecule has 1 unspecified atom stereocenters. The second-order valence-corrected chi connectivity index (χ2v) is 5.67. The van der Waals surface area contributed by atoms with Crippen LogP contribution in [0.3, 0.4) is 0 Å². The Labute approximate surface area is 129 Å². The SMILES string of the molecule is CCCOC1CCCN(c2c(F)cc(C(N)=S)cc2F)C1. The topological polar surface area (TPSA) is 38.5 Å². The van der Waals surface area contributed by atoms with Crippen molar-refractivity contribution in [1.82, 2.24) is 0 Å². The van der Waals surface area contributed by atoms with E-state index in [1.54, 1.807) is 4.90 Å². The Bertz CT molecular complexity index is 501. The van der Waals surface area contributed by atoms with Crippen molar-refractivity contribution in [2.75, 3.05) is 24.6 Å².